The van der Waals surface area contributed by atoms with Gasteiger partial charge in [0.1, 0.15) is 0 Å². The summed E-state index contributed by atoms with van der Waals surface area (Å²) in [6.45, 7) is 4.46. The highest BCUT2D eigenvalue weighted by Crippen LogP contribution is 2.35. The third-order valence-electron chi connectivity index (χ3n) is 5.40. The summed E-state index contributed by atoms with van der Waals surface area (Å²) in [4.78, 5) is 22.7. The lowest BCUT2D eigenvalue weighted by Gasteiger charge is -2.48. The fourth-order valence-electron chi connectivity index (χ4n) is 3.96. The van der Waals surface area contributed by atoms with Crippen molar-refractivity contribution in [3.8, 4) is 0 Å². The Morgan fingerprint density at radius 1 is 1.19 bits per heavy atom. The second-order valence-corrected chi connectivity index (χ2v) is 7.30. The number of pyridine rings is 2. The molecule has 0 bridgehead atoms. The van der Waals surface area contributed by atoms with Crippen LogP contribution in [0.3, 0.4) is 0 Å². The number of nitrogens with zero attached hydrogens (tertiary/aromatic N) is 3. The Hall–Kier alpha value is -2.47. The predicted molar refractivity (Wildman–Crippen MR) is 100 cm³/mol. The van der Waals surface area contributed by atoms with Crippen molar-refractivity contribution in [3.63, 3.8) is 0 Å². The summed E-state index contributed by atoms with van der Waals surface area (Å²) in [6.07, 6.45) is 4.97. The first-order valence-corrected chi connectivity index (χ1v) is 8.98. The first-order valence-electron chi connectivity index (χ1n) is 8.98. The summed E-state index contributed by atoms with van der Waals surface area (Å²) in [5.41, 5.74) is 9.62. The third kappa shape index (κ3) is 3.70. The van der Waals surface area contributed by atoms with E-state index >= 15 is 0 Å². The lowest BCUT2D eigenvalue weighted by molar-refractivity contribution is 0.0386. The molecule has 1 aliphatic heterocycles. The molecule has 138 valence electrons. The van der Waals surface area contributed by atoms with Gasteiger partial charge in [-0.1, -0.05) is 12.1 Å². The van der Waals surface area contributed by atoms with E-state index < -0.39 is 11.6 Å². The number of hydrogen-bond donors (Lipinski definition) is 2. The van der Waals surface area contributed by atoms with Crippen LogP contribution < -0.4 is 5.73 Å². The minimum Gasteiger partial charge on any atom is -0.465 e. The molecule has 26 heavy (non-hydrogen) atoms. The zero-order chi connectivity index (χ0) is 18.7. The van der Waals surface area contributed by atoms with Gasteiger partial charge in [-0.2, -0.15) is 0 Å². The molecule has 1 amide bonds. The Morgan fingerprint density at radius 2 is 1.73 bits per heavy atom. The van der Waals surface area contributed by atoms with Crippen LogP contribution in [0, 0.1) is 13.8 Å². The molecule has 3 N–H and O–H groups in total. The molecule has 1 fully saturated rings. The zero-order valence-electron chi connectivity index (χ0n) is 15.4. The molecule has 1 unspecified atom stereocenters. The van der Waals surface area contributed by atoms with E-state index in [1.54, 1.807) is 17.3 Å². The highest BCUT2D eigenvalue weighted by molar-refractivity contribution is 5.66. The highest BCUT2D eigenvalue weighted by atomic mass is 16.4. The average Bonchev–Trinajstić information content (AvgIpc) is 2.59. The fourth-order valence-corrected chi connectivity index (χ4v) is 3.96. The van der Waals surface area contributed by atoms with Crippen molar-refractivity contribution in [1.29, 1.82) is 0 Å². The van der Waals surface area contributed by atoms with Gasteiger partial charge in [-0.25, -0.2) is 4.79 Å². The Bertz CT molecular complexity index is 745. The van der Waals surface area contributed by atoms with Crippen LogP contribution >= 0.6 is 0 Å². The van der Waals surface area contributed by atoms with Gasteiger partial charge in [0.2, 0.25) is 0 Å². The fraction of sp³-hybridized carbons (Fsp3) is 0.450. The zero-order valence-corrected chi connectivity index (χ0v) is 15.4. The topological polar surface area (TPSA) is 92.3 Å². The first-order chi connectivity index (χ1) is 12.4. The van der Waals surface area contributed by atoms with E-state index in [1.165, 1.54) is 0 Å². The van der Waals surface area contributed by atoms with Crippen molar-refractivity contribution in [2.24, 2.45) is 5.73 Å². The maximum Gasteiger partial charge on any atom is 0.407 e. The van der Waals surface area contributed by atoms with Crippen molar-refractivity contribution in [2.75, 3.05) is 6.54 Å². The van der Waals surface area contributed by atoms with Crippen molar-refractivity contribution in [3.05, 3.63) is 59.2 Å². The van der Waals surface area contributed by atoms with Gasteiger partial charge in [0, 0.05) is 49.2 Å². The van der Waals surface area contributed by atoms with Gasteiger partial charge in [-0.3, -0.25) is 9.97 Å². The molecule has 1 atom stereocenters. The molecule has 1 aliphatic rings. The van der Waals surface area contributed by atoms with E-state index in [1.807, 2.05) is 38.1 Å². The average molecular weight is 354 g/mol. The van der Waals surface area contributed by atoms with E-state index in [0.29, 0.717) is 32.2 Å². The van der Waals surface area contributed by atoms with Gasteiger partial charge in [0.25, 0.3) is 0 Å². The quantitative estimate of drug-likeness (QED) is 0.881. The molecule has 0 spiro atoms. The normalized spacial score (nSPS) is 19.3. The molecule has 0 radical (unpaired) electrons. The predicted octanol–water partition coefficient (Wildman–Crippen LogP) is 2.72. The van der Waals surface area contributed by atoms with Crippen LogP contribution in [-0.4, -0.2) is 44.2 Å². The second-order valence-electron chi connectivity index (χ2n) is 7.30. The molecule has 6 heteroatoms. The van der Waals surface area contributed by atoms with Crippen molar-refractivity contribution in [2.45, 2.75) is 51.1 Å². The number of nitrogens with two attached hydrogens (primary N) is 1. The largest absolute Gasteiger partial charge is 0.465 e. The summed E-state index contributed by atoms with van der Waals surface area (Å²) in [5, 5.41) is 9.90. The number of likely N-dealkylation sites (tertiary alicyclic amines) is 1. The van der Waals surface area contributed by atoms with Crippen LogP contribution in [-0.2, 0) is 12.8 Å². The molecule has 2 aromatic rings. The molecule has 2 aromatic heterocycles. The van der Waals surface area contributed by atoms with E-state index in [0.717, 1.165) is 22.5 Å². The smallest absolute Gasteiger partial charge is 0.407 e. The second kappa shape index (κ2) is 7.41. The van der Waals surface area contributed by atoms with Crippen molar-refractivity contribution < 1.29 is 9.90 Å². The van der Waals surface area contributed by atoms with Crippen LogP contribution in [0.15, 0.2) is 36.7 Å². The summed E-state index contributed by atoms with van der Waals surface area (Å²) >= 11 is 0. The number of carbonyl (C=O) groups is 1. The molecule has 0 saturated carbocycles. The van der Waals surface area contributed by atoms with E-state index in [9.17, 15) is 9.90 Å². The van der Waals surface area contributed by atoms with Crippen LogP contribution in [0.5, 0.6) is 0 Å². The van der Waals surface area contributed by atoms with Crippen molar-refractivity contribution >= 4 is 6.09 Å². The van der Waals surface area contributed by atoms with Gasteiger partial charge < -0.3 is 15.7 Å². The minimum atomic E-state index is -0.904. The van der Waals surface area contributed by atoms with Crippen LogP contribution in [0.1, 0.15) is 35.4 Å². The summed E-state index contributed by atoms with van der Waals surface area (Å²) in [7, 11) is 0. The third-order valence-corrected chi connectivity index (χ3v) is 5.40. The lowest BCUT2D eigenvalue weighted by atomic mass is 9.76. The molecule has 6 nitrogen and oxygen atoms in total. The summed E-state index contributed by atoms with van der Waals surface area (Å²) in [6, 6.07) is 7.79. The Kier molecular flexibility index (Phi) is 5.23. The monoisotopic (exact) mass is 354 g/mol. The first kappa shape index (κ1) is 18.3. The summed E-state index contributed by atoms with van der Waals surface area (Å²) in [5.74, 6) is 0. The van der Waals surface area contributed by atoms with Gasteiger partial charge in [-0.05, 0) is 49.9 Å². The Morgan fingerprint density at radius 3 is 2.19 bits per heavy atom. The van der Waals surface area contributed by atoms with Gasteiger partial charge in [0.15, 0.2) is 0 Å². The van der Waals surface area contributed by atoms with E-state index in [2.05, 4.69) is 9.97 Å². The van der Waals surface area contributed by atoms with Gasteiger partial charge in [0.05, 0.1) is 5.54 Å². The molecule has 0 aromatic carbocycles. The number of carboxylic acid groups (broad SMARTS) is 1. The summed E-state index contributed by atoms with van der Waals surface area (Å²) < 4.78 is 0. The molecule has 3 rings (SSSR count). The molecule has 3 heterocycles. The Labute approximate surface area is 154 Å². The molecule has 1 saturated heterocycles. The standard InChI is InChI=1S/C20H26N4O2/c1-14-5-3-8-22-17(14)12-20(13-18-15(2)6-4-9-23-18)11-16(21)7-10-24(20)19(25)26/h3-6,8-9,16H,7,10-13,21H2,1-2H3,(H,25,26). The van der Waals surface area contributed by atoms with E-state index in [-0.39, 0.29) is 6.04 Å². The molecule has 0 aliphatic carbocycles. The molecular weight excluding hydrogens is 328 g/mol. The van der Waals surface area contributed by atoms with Gasteiger partial charge >= 0.3 is 6.09 Å². The highest BCUT2D eigenvalue weighted by Gasteiger charge is 2.45. The number of piperidine rings is 1. The Balaban J connectivity index is 2.06. The maximum atomic E-state index is 12.1. The van der Waals surface area contributed by atoms with Gasteiger partial charge in [-0.15, -0.1) is 0 Å². The number of aryl methyl sites for hydroxylation is 2. The van der Waals surface area contributed by atoms with Crippen LogP contribution in [0.25, 0.3) is 0 Å². The SMILES string of the molecule is Cc1cccnc1CC1(Cc2ncccc2C)CC(N)CCN1C(=O)O. The molecular formula is C20H26N4O2. The van der Waals surface area contributed by atoms with Crippen LogP contribution in [0.4, 0.5) is 4.79 Å². The number of amides is 1. The number of hydrogen-bond acceptors (Lipinski definition) is 4. The maximum absolute atomic E-state index is 12.1. The number of rotatable bonds is 4. The minimum absolute atomic E-state index is 0.0290. The van der Waals surface area contributed by atoms with E-state index in [4.69, 9.17) is 5.73 Å². The van der Waals surface area contributed by atoms with Crippen LogP contribution in [0.2, 0.25) is 0 Å². The van der Waals surface area contributed by atoms with Crippen molar-refractivity contribution in [1.82, 2.24) is 14.9 Å². The lowest BCUT2D eigenvalue weighted by Crippen LogP contribution is -2.61. The number of aromatic nitrogens is 2.